The lowest BCUT2D eigenvalue weighted by molar-refractivity contribution is 0.0995. The van der Waals surface area contributed by atoms with Crippen molar-refractivity contribution in [1.82, 2.24) is 4.98 Å². The number of anilines is 1. The Morgan fingerprint density at radius 2 is 1.83 bits per heavy atom. The summed E-state index contributed by atoms with van der Waals surface area (Å²) in [5.74, 6) is 0.841. The van der Waals surface area contributed by atoms with Gasteiger partial charge in [-0.2, -0.15) is 0 Å². The molecule has 0 bridgehead atoms. The highest BCUT2D eigenvalue weighted by Crippen LogP contribution is 2.46. The van der Waals surface area contributed by atoms with E-state index in [-0.39, 0.29) is 16.7 Å². The molecule has 5 heteroatoms. The first kappa shape index (κ1) is 19.9. The second kappa shape index (κ2) is 7.13. The van der Waals surface area contributed by atoms with Gasteiger partial charge in [0.05, 0.1) is 0 Å². The Kier molecular flexibility index (Phi) is 4.89. The lowest BCUT2D eigenvalue weighted by atomic mass is 9.62. The molecule has 1 amide bonds. The van der Waals surface area contributed by atoms with Crippen LogP contribution in [-0.4, -0.2) is 10.9 Å². The largest absolute Gasteiger partial charge is 0.456 e. The number of thiazole rings is 1. The average molecular weight is 409 g/mol. The number of aromatic nitrogens is 1. The van der Waals surface area contributed by atoms with Crippen molar-refractivity contribution in [3.05, 3.63) is 69.6 Å². The van der Waals surface area contributed by atoms with Gasteiger partial charge in [-0.3, -0.25) is 10.1 Å². The summed E-state index contributed by atoms with van der Waals surface area (Å²) in [6, 6.07) is 8.36. The van der Waals surface area contributed by atoms with Crippen LogP contribution in [0.25, 0.3) is 0 Å². The van der Waals surface area contributed by atoms with Crippen LogP contribution in [0.5, 0.6) is 0 Å². The summed E-state index contributed by atoms with van der Waals surface area (Å²) >= 11 is 1.39. The molecular formula is C24H28N2O2S. The third kappa shape index (κ3) is 3.88. The number of carbonyl (C=O) groups excluding carboxylic acids is 1. The molecule has 2 aromatic heterocycles. The topological polar surface area (TPSA) is 55.1 Å². The van der Waals surface area contributed by atoms with E-state index in [1.165, 1.54) is 46.4 Å². The molecule has 1 aromatic carbocycles. The highest BCUT2D eigenvalue weighted by atomic mass is 32.1. The lowest BCUT2D eigenvalue weighted by Gasteiger charge is -2.42. The average Bonchev–Trinajstić information content (AvgIpc) is 3.32. The van der Waals surface area contributed by atoms with E-state index < -0.39 is 0 Å². The van der Waals surface area contributed by atoms with E-state index >= 15 is 0 Å². The predicted molar refractivity (Wildman–Crippen MR) is 118 cm³/mol. The smallest absolute Gasteiger partial charge is 0.293 e. The van der Waals surface area contributed by atoms with Gasteiger partial charge < -0.3 is 4.42 Å². The molecule has 0 aliphatic heterocycles. The fraction of sp³-hybridized carbons (Fsp3) is 0.417. The van der Waals surface area contributed by atoms with Crippen LogP contribution in [0.3, 0.4) is 0 Å². The normalized spacial score (nSPS) is 17.0. The van der Waals surface area contributed by atoms with Crippen LogP contribution in [0.2, 0.25) is 0 Å². The van der Waals surface area contributed by atoms with Gasteiger partial charge in [0.2, 0.25) is 0 Å². The molecular weight excluding hydrogens is 380 g/mol. The van der Waals surface area contributed by atoms with Gasteiger partial charge in [0.1, 0.15) is 5.76 Å². The van der Waals surface area contributed by atoms with Gasteiger partial charge in [-0.05, 0) is 65.0 Å². The first-order valence-electron chi connectivity index (χ1n) is 10.1. The third-order valence-electron chi connectivity index (χ3n) is 6.21. The number of benzene rings is 1. The summed E-state index contributed by atoms with van der Waals surface area (Å²) < 4.78 is 5.85. The SMILES string of the molecule is Cc1cc2c(cc1Cc1ccc(C(=O)Nc3nccs3)o1)C(C)(C)CCC2(C)C. The monoisotopic (exact) mass is 408 g/mol. The minimum absolute atomic E-state index is 0.176. The fourth-order valence-electron chi connectivity index (χ4n) is 4.18. The third-order valence-corrected chi connectivity index (χ3v) is 6.90. The highest BCUT2D eigenvalue weighted by molar-refractivity contribution is 7.13. The number of hydrogen-bond donors (Lipinski definition) is 1. The molecule has 0 unspecified atom stereocenters. The zero-order valence-corrected chi connectivity index (χ0v) is 18.6. The van der Waals surface area contributed by atoms with Crippen LogP contribution >= 0.6 is 11.3 Å². The van der Waals surface area contributed by atoms with Crippen molar-refractivity contribution in [1.29, 1.82) is 0 Å². The van der Waals surface area contributed by atoms with E-state index in [0.717, 1.165) is 5.76 Å². The van der Waals surface area contributed by atoms with E-state index in [2.05, 4.69) is 57.1 Å². The maximum atomic E-state index is 12.4. The molecule has 0 spiro atoms. The minimum Gasteiger partial charge on any atom is -0.456 e. The molecule has 1 N–H and O–H groups in total. The number of carbonyl (C=O) groups is 1. The standard InChI is InChI=1S/C24H28N2O2S/c1-15-12-18-19(24(4,5)9-8-23(18,2)3)14-16(15)13-17-6-7-20(28-17)21(27)26-22-25-10-11-29-22/h6-7,10-12,14H,8-9,13H2,1-5H3,(H,25,26,27). The summed E-state index contributed by atoms with van der Waals surface area (Å²) in [6.45, 7) is 11.6. The molecule has 4 nitrogen and oxygen atoms in total. The molecule has 29 heavy (non-hydrogen) atoms. The van der Waals surface area contributed by atoms with Gasteiger partial charge in [0, 0.05) is 18.0 Å². The van der Waals surface area contributed by atoms with Crippen LogP contribution in [0.15, 0.2) is 40.3 Å². The Labute approximate surface area is 176 Å². The van der Waals surface area contributed by atoms with E-state index in [1.54, 1.807) is 12.3 Å². The first-order chi connectivity index (χ1) is 13.7. The number of rotatable bonds is 4. The molecule has 0 atom stereocenters. The Morgan fingerprint density at radius 1 is 1.14 bits per heavy atom. The fourth-order valence-corrected chi connectivity index (χ4v) is 4.71. The van der Waals surface area contributed by atoms with Crippen LogP contribution in [0.4, 0.5) is 5.13 Å². The molecule has 1 aliphatic carbocycles. The molecule has 0 fully saturated rings. The van der Waals surface area contributed by atoms with Gasteiger partial charge in [-0.15, -0.1) is 11.3 Å². The van der Waals surface area contributed by atoms with Crippen molar-refractivity contribution < 1.29 is 9.21 Å². The Balaban J connectivity index is 1.59. The summed E-state index contributed by atoms with van der Waals surface area (Å²) in [5, 5.41) is 5.16. The number of nitrogens with one attached hydrogen (secondary N) is 1. The Hall–Kier alpha value is -2.40. The lowest BCUT2D eigenvalue weighted by Crippen LogP contribution is -2.34. The number of nitrogens with zero attached hydrogens (tertiary/aromatic N) is 1. The van der Waals surface area contributed by atoms with E-state index in [1.807, 2.05) is 11.4 Å². The van der Waals surface area contributed by atoms with Gasteiger partial charge in [-0.1, -0.05) is 39.8 Å². The number of fused-ring (bicyclic) bond motifs is 1. The summed E-state index contributed by atoms with van der Waals surface area (Å²) in [7, 11) is 0. The summed E-state index contributed by atoms with van der Waals surface area (Å²) in [5.41, 5.74) is 5.84. The van der Waals surface area contributed by atoms with Crippen molar-refractivity contribution in [2.45, 2.75) is 64.7 Å². The summed E-state index contributed by atoms with van der Waals surface area (Å²) in [6.07, 6.45) is 4.74. The van der Waals surface area contributed by atoms with Crippen LogP contribution in [0, 0.1) is 6.92 Å². The number of amides is 1. The van der Waals surface area contributed by atoms with E-state index in [9.17, 15) is 4.79 Å². The Morgan fingerprint density at radius 3 is 2.48 bits per heavy atom. The number of furan rings is 1. The highest BCUT2D eigenvalue weighted by Gasteiger charge is 2.37. The minimum atomic E-state index is -0.267. The summed E-state index contributed by atoms with van der Waals surface area (Å²) in [4.78, 5) is 16.4. The molecule has 0 saturated heterocycles. The quantitative estimate of drug-likeness (QED) is 0.556. The predicted octanol–water partition coefficient (Wildman–Crippen LogP) is 6.24. The van der Waals surface area contributed by atoms with Crippen molar-refractivity contribution in [2.24, 2.45) is 0 Å². The van der Waals surface area contributed by atoms with Crippen molar-refractivity contribution in [3.63, 3.8) is 0 Å². The molecule has 152 valence electrons. The van der Waals surface area contributed by atoms with Gasteiger partial charge in [0.25, 0.3) is 5.91 Å². The second-order valence-corrected chi connectivity index (χ2v) is 10.2. The van der Waals surface area contributed by atoms with E-state index in [4.69, 9.17) is 4.42 Å². The first-order valence-corrected chi connectivity index (χ1v) is 11.0. The molecule has 3 aromatic rings. The van der Waals surface area contributed by atoms with Crippen LogP contribution in [0.1, 0.15) is 79.1 Å². The maximum Gasteiger partial charge on any atom is 0.293 e. The maximum absolute atomic E-state index is 12.4. The number of hydrogen-bond acceptors (Lipinski definition) is 4. The molecule has 0 radical (unpaired) electrons. The molecule has 1 aliphatic rings. The van der Waals surface area contributed by atoms with Crippen molar-refractivity contribution in [3.8, 4) is 0 Å². The molecule has 2 heterocycles. The van der Waals surface area contributed by atoms with Crippen LogP contribution < -0.4 is 5.32 Å². The van der Waals surface area contributed by atoms with Gasteiger partial charge >= 0.3 is 0 Å². The molecule has 0 saturated carbocycles. The van der Waals surface area contributed by atoms with Crippen molar-refractivity contribution in [2.75, 3.05) is 5.32 Å². The van der Waals surface area contributed by atoms with E-state index in [0.29, 0.717) is 17.3 Å². The second-order valence-electron chi connectivity index (χ2n) is 9.33. The number of aryl methyl sites for hydroxylation is 1. The zero-order chi connectivity index (χ0) is 20.8. The molecule has 4 rings (SSSR count). The van der Waals surface area contributed by atoms with Gasteiger partial charge in [0.15, 0.2) is 10.9 Å². The Bertz CT molecular complexity index is 1050. The van der Waals surface area contributed by atoms with Crippen LogP contribution in [-0.2, 0) is 17.3 Å². The van der Waals surface area contributed by atoms with Crippen molar-refractivity contribution >= 4 is 22.4 Å². The van der Waals surface area contributed by atoms with Gasteiger partial charge in [-0.25, -0.2) is 4.98 Å². The zero-order valence-electron chi connectivity index (χ0n) is 17.8.